The Hall–Kier alpha value is -2.82. The number of nitrogens with zero attached hydrogens (tertiary/aromatic N) is 1. The Labute approximate surface area is 179 Å². The fraction of sp³-hybridized carbons (Fsp3) is 0.440. The first-order valence-electron chi connectivity index (χ1n) is 10.8. The minimum absolute atomic E-state index is 0.0983. The summed E-state index contributed by atoms with van der Waals surface area (Å²) in [6, 6.07) is 15.3. The Bertz CT molecular complexity index is 874. The third-order valence-corrected chi connectivity index (χ3v) is 5.75. The molecule has 30 heavy (non-hydrogen) atoms. The van der Waals surface area contributed by atoms with E-state index in [0.29, 0.717) is 12.3 Å². The molecule has 160 valence electrons. The number of para-hydroxylation sites is 1. The summed E-state index contributed by atoms with van der Waals surface area (Å²) in [5.74, 6) is 0.386. The third-order valence-electron chi connectivity index (χ3n) is 5.75. The molecule has 0 aromatic heterocycles. The van der Waals surface area contributed by atoms with Crippen molar-refractivity contribution >= 4 is 11.8 Å². The van der Waals surface area contributed by atoms with Gasteiger partial charge in [0.05, 0.1) is 0 Å². The van der Waals surface area contributed by atoms with E-state index in [0.717, 1.165) is 42.4 Å². The largest absolute Gasteiger partial charge is 0.484 e. The molecule has 1 saturated carbocycles. The van der Waals surface area contributed by atoms with Crippen molar-refractivity contribution in [2.75, 3.05) is 6.61 Å². The van der Waals surface area contributed by atoms with E-state index in [9.17, 15) is 9.59 Å². The first-order valence-corrected chi connectivity index (χ1v) is 10.8. The molecule has 5 heteroatoms. The Morgan fingerprint density at radius 2 is 1.83 bits per heavy atom. The highest BCUT2D eigenvalue weighted by atomic mass is 16.5. The van der Waals surface area contributed by atoms with E-state index < -0.39 is 6.04 Å². The molecule has 1 aliphatic carbocycles. The molecule has 3 rings (SSSR count). The van der Waals surface area contributed by atoms with Crippen LogP contribution in [0.3, 0.4) is 0 Å². The van der Waals surface area contributed by atoms with Gasteiger partial charge in [0, 0.05) is 12.6 Å². The average Bonchev–Trinajstić information content (AvgIpc) is 3.24. The summed E-state index contributed by atoms with van der Waals surface area (Å²) in [6.45, 7) is 6.04. The number of carbonyl (C=O) groups is 2. The molecule has 0 saturated heterocycles. The van der Waals surface area contributed by atoms with Gasteiger partial charge in [-0.2, -0.15) is 0 Å². The van der Waals surface area contributed by atoms with E-state index in [1.54, 1.807) is 11.8 Å². The summed E-state index contributed by atoms with van der Waals surface area (Å²) >= 11 is 0. The predicted octanol–water partition coefficient (Wildman–Crippen LogP) is 4.16. The molecular formula is C25H32N2O3. The maximum atomic E-state index is 13.1. The SMILES string of the molecule is Cc1cccc(CN(C(=O)COc2ccccc2C)[C@@H](C)C(=O)NC2CCCC2)c1. The van der Waals surface area contributed by atoms with Crippen LogP contribution in [-0.4, -0.2) is 35.4 Å². The van der Waals surface area contributed by atoms with E-state index in [4.69, 9.17) is 4.74 Å². The highest BCUT2D eigenvalue weighted by Crippen LogP contribution is 2.19. The van der Waals surface area contributed by atoms with Crippen LogP contribution in [0.1, 0.15) is 49.3 Å². The highest BCUT2D eigenvalue weighted by Gasteiger charge is 2.28. The summed E-state index contributed by atoms with van der Waals surface area (Å²) < 4.78 is 5.78. The van der Waals surface area contributed by atoms with Gasteiger partial charge >= 0.3 is 0 Å². The number of carbonyl (C=O) groups excluding carboxylic acids is 2. The molecule has 2 aromatic rings. The lowest BCUT2D eigenvalue weighted by Crippen LogP contribution is -2.50. The van der Waals surface area contributed by atoms with Gasteiger partial charge in [-0.3, -0.25) is 9.59 Å². The highest BCUT2D eigenvalue weighted by molar-refractivity contribution is 5.88. The van der Waals surface area contributed by atoms with E-state index in [1.807, 2.05) is 62.4 Å². The molecular weight excluding hydrogens is 376 g/mol. The molecule has 0 aliphatic heterocycles. The van der Waals surface area contributed by atoms with E-state index in [-0.39, 0.29) is 24.5 Å². The van der Waals surface area contributed by atoms with Crippen molar-refractivity contribution in [1.29, 1.82) is 0 Å². The van der Waals surface area contributed by atoms with Crippen LogP contribution in [0, 0.1) is 13.8 Å². The molecule has 0 radical (unpaired) electrons. The van der Waals surface area contributed by atoms with Crippen LogP contribution >= 0.6 is 0 Å². The lowest BCUT2D eigenvalue weighted by molar-refractivity contribution is -0.142. The number of amides is 2. The molecule has 0 bridgehead atoms. The summed E-state index contributed by atoms with van der Waals surface area (Å²) in [5.41, 5.74) is 3.10. The van der Waals surface area contributed by atoms with Gasteiger partial charge in [-0.1, -0.05) is 60.9 Å². The number of aryl methyl sites for hydroxylation is 2. The fourth-order valence-corrected chi connectivity index (χ4v) is 3.92. The van der Waals surface area contributed by atoms with Crippen LogP contribution in [0.15, 0.2) is 48.5 Å². The second-order valence-corrected chi connectivity index (χ2v) is 8.23. The van der Waals surface area contributed by atoms with Gasteiger partial charge in [-0.15, -0.1) is 0 Å². The maximum Gasteiger partial charge on any atom is 0.261 e. The predicted molar refractivity (Wildman–Crippen MR) is 118 cm³/mol. The van der Waals surface area contributed by atoms with Gasteiger partial charge in [-0.05, 0) is 50.8 Å². The number of benzene rings is 2. The summed E-state index contributed by atoms with van der Waals surface area (Å²) in [6.07, 6.45) is 4.33. The summed E-state index contributed by atoms with van der Waals surface area (Å²) in [4.78, 5) is 27.6. The van der Waals surface area contributed by atoms with E-state index in [2.05, 4.69) is 5.32 Å². The Morgan fingerprint density at radius 3 is 2.53 bits per heavy atom. The third kappa shape index (κ3) is 5.85. The second kappa shape index (κ2) is 10.3. The number of rotatable bonds is 8. The van der Waals surface area contributed by atoms with Crippen LogP contribution in [0.25, 0.3) is 0 Å². The molecule has 2 aromatic carbocycles. The first-order chi connectivity index (χ1) is 14.4. The lowest BCUT2D eigenvalue weighted by atomic mass is 10.1. The Kier molecular flexibility index (Phi) is 7.50. The molecule has 1 fully saturated rings. The van der Waals surface area contributed by atoms with Crippen LogP contribution < -0.4 is 10.1 Å². The van der Waals surface area contributed by atoms with Crippen molar-refractivity contribution in [3.8, 4) is 5.75 Å². The molecule has 0 heterocycles. The van der Waals surface area contributed by atoms with Gasteiger partial charge < -0.3 is 15.0 Å². The summed E-state index contributed by atoms with van der Waals surface area (Å²) in [5, 5.41) is 3.12. The smallest absolute Gasteiger partial charge is 0.261 e. The van der Waals surface area contributed by atoms with E-state index >= 15 is 0 Å². The van der Waals surface area contributed by atoms with Crippen LogP contribution in [0.4, 0.5) is 0 Å². The zero-order valence-electron chi connectivity index (χ0n) is 18.2. The van der Waals surface area contributed by atoms with Crippen molar-refractivity contribution < 1.29 is 14.3 Å². The van der Waals surface area contributed by atoms with Crippen molar-refractivity contribution in [2.24, 2.45) is 0 Å². The average molecular weight is 409 g/mol. The molecule has 5 nitrogen and oxygen atoms in total. The Balaban J connectivity index is 1.72. The Morgan fingerprint density at radius 1 is 1.10 bits per heavy atom. The normalized spacial score (nSPS) is 14.9. The number of hydrogen-bond donors (Lipinski definition) is 1. The molecule has 1 N–H and O–H groups in total. The zero-order chi connectivity index (χ0) is 21.5. The van der Waals surface area contributed by atoms with Gasteiger partial charge in [0.2, 0.25) is 5.91 Å². The van der Waals surface area contributed by atoms with E-state index in [1.165, 1.54) is 0 Å². The summed E-state index contributed by atoms with van der Waals surface area (Å²) in [7, 11) is 0. The van der Waals surface area contributed by atoms with Crippen molar-refractivity contribution in [3.63, 3.8) is 0 Å². The topological polar surface area (TPSA) is 58.6 Å². The van der Waals surface area contributed by atoms with Gasteiger partial charge in [-0.25, -0.2) is 0 Å². The van der Waals surface area contributed by atoms with Crippen LogP contribution in [0.2, 0.25) is 0 Å². The maximum absolute atomic E-state index is 13.1. The van der Waals surface area contributed by atoms with Crippen LogP contribution in [0.5, 0.6) is 5.75 Å². The molecule has 1 atom stereocenters. The number of ether oxygens (including phenoxy) is 1. The number of nitrogens with one attached hydrogen (secondary N) is 1. The molecule has 0 unspecified atom stereocenters. The minimum Gasteiger partial charge on any atom is -0.484 e. The lowest BCUT2D eigenvalue weighted by Gasteiger charge is -2.30. The minimum atomic E-state index is -0.570. The monoisotopic (exact) mass is 408 g/mol. The molecule has 2 amide bonds. The second-order valence-electron chi connectivity index (χ2n) is 8.23. The zero-order valence-corrected chi connectivity index (χ0v) is 18.2. The van der Waals surface area contributed by atoms with Crippen molar-refractivity contribution in [1.82, 2.24) is 10.2 Å². The number of hydrogen-bond acceptors (Lipinski definition) is 3. The van der Waals surface area contributed by atoms with Gasteiger partial charge in [0.25, 0.3) is 5.91 Å². The van der Waals surface area contributed by atoms with Crippen molar-refractivity contribution in [2.45, 2.75) is 65.1 Å². The van der Waals surface area contributed by atoms with Gasteiger partial charge in [0.1, 0.15) is 11.8 Å². The fourth-order valence-electron chi connectivity index (χ4n) is 3.92. The standard InChI is InChI=1S/C25H32N2O3/c1-18-9-8-11-21(15-18)16-27(20(3)25(29)26-22-12-5-6-13-22)24(28)17-30-23-14-7-4-10-19(23)2/h4,7-11,14-15,20,22H,5-6,12-13,16-17H2,1-3H3,(H,26,29)/t20-/m0/s1. The van der Waals surface area contributed by atoms with Crippen LogP contribution in [-0.2, 0) is 16.1 Å². The quantitative estimate of drug-likeness (QED) is 0.714. The molecule has 0 spiro atoms. The van der Waals surface area contributed by atoms with Crippen molar-refractivity contribution in [3.05, 3.63) is 65.2 Å². The van der Waals surface area contributed by atoms with Gasteiger partial charge in [0.15, 0.2) is 6.61 Å². The first kappa shape index (κ1) is 21.9. The molecule has 1 aliphatic rings.